The number of carbonyl (C=O) groups is 1. The third-order valence-corrected chi connectivity index (χ3v) is 5.50. The molecule has 7 nitrogen and oxygen atoms in total. The summed E-state index contributed by atoms with van der Waals surface area (Å²) in [5, 5.41) is 10.6. The lowest BCUT2D eigenvalue weighted by Gasteiger charge is -2.05. The molecule has 1 amide bonds. The minimum Gasteiger partial charge on any atom is -0.267 e. The summed E-state index contributed by atoms with van der Waals surface area (Å²) >= 11 is 1.22. The van der Waals surface area contributed by atoms with Crippen molar-refractivity contribution in [2.75, 3.05) is 0 Å². The Hall–Kier alpha value is -2.26. The van der Waals surface area contributed by atoms with Crippen LogP contribution in [0.4, 0.5) is 5.69 Å². The normalized spacial score (nSPS) is 11.2. The van der Waals surface area contributed by atoms with E-state index in [0.29, 0.717) is 10.4 Å². The highest BCUT2D eigenvalue weighted by atomic mass is 32.2. The second-order valence-corrected chi connectivity index (χ2v) is 7.94. The molecule has 0 spiro atoms. The quantitative estimate of drug-likeness (QED) is 0.656. The topological polar surface area (TPSA) is 106 Å². The number of hydrogen-bond acceptors (Lipinski definition) is 6. The van der Waals surface area contributed by atoms with Crippen LogP contribution in [0.15, 0.2) is 30.3 Å². The highest BCUT2D eigenvalue weighted by molar-refractivity contribution is 7.89. The maximum Gasteiger partial charge on any atom is 0.274 e. The second-order valence-electron chi connectivity index (χ2n) is 4.96. The number of nitrogens with zero attached hydrogens (tertiary/aromatic N) is 1. The van der Waals surface area contributed by atoms with Crippen molar-refractivity contribution < 1.29 is 18.1 Å². The van der Waals surface area contributed by atoms with Gasteiger partial charge in [-0.1, -0.05) is 12.1 Å². The van der Waals surface area contributed by atoms with E-state index in [1.807, 2.05) is 18.6 Å². The number of nitro benzene ring substituents is 1. The molecule has 2 rings (SSSR count). The average molecular weight is 354 g/mol. The van der Waals surface area contributed by atoms with E-state index in [1.54, 1.807) is 6.07 Å². The number of aryl methyl sites for hydroxylation is 2. The number of benzene rings is 1. The number of sulfonamides is 1. The van der Waals surface area contributed by atoms with Crippen molar-refractivity contribution >= 4 is 33.0 Å². The molecule has 0 aliphatic carbocycles. The zero-order chi connectivity index (χ0) is 17.2. The Bertz CT molecular complexity index is 834. The summed E-state index contributed by atoms with van der Waals surface area (Å²) in [6.45, 7) is 3.69. The summed E-state index contributed by atoms with van der Waals surface area (Å²) in [5.74, 6) is -1.10. The van der Waals surface area contributed by atoms with Gasteiger partial charge in [0.25, 0.3) is 11.6 Å². The lowest BCUT2D eigenvalue weighted by molar-refractivity contribution is -0.384. The Kier molecular flexibility index (Phi) is 4.81. The molecule has 0 saturated carbocycles. The SMILES string of the molecule is Cc1cc(C(=O)NS(=O)(=O)Cc2ccc([N+](=O)[O-])cc2)sc1C. The predicted molar refractivity (Wildman–Crippen MR) is 87.0 cm³/mol. The molecule has 0 atom stereocenters. The Labute approximate surface area is 137 Å². The zero-order valence-electron chi connectivity index (χ0n) is 12.4. The maximum absolute atomic E-state index is 12.0. The van der Waals surface area contributed by atoms with Crippen molar-refractivity contribution in [3.63, 3.8) is 0 Å². The standard InChI is InChI=1S/C14H14N2O5S2/c1-9-7-13(22-10(9)2)14(17)15-23(20,21)8-11-3-5-12(6-4-11)16(18)19/h3-7H,8H2,1-2H3,(H,15,17). The van der Waals surface area contributed by atoms with E-state index in [0.717, 1.165) is 10.4 Å². The van der Waals surface area contributed by atoms with Crippen molar-refractivity contribution in [2.45, 2.75) is 19.6 Å². The van der Waals surface area contributed by atoms with Gasteiger partial charge in [-0.15, -0.1) is 11.3 Å². The van der Waals surface area contributed by atoms with Gasteiger partial charge in [0, 0.05) is 17.0 Å². The monoisotopic (exact) mass is 354 g/mol. The molecule has 0 saturated heterocycles. The van der Waals surface area contributed by atoms with Crippen molar-refractivity contribution in [3.05, 3.63) is 61.3 Å². The molecule has 1 aromatic carbocycles. The van der Waals surface area contributed by atoms with E-state index in [-0.39, 0.29) is 5.69 Å². The van der Waals surface area contributed by atoms with Crippen LogP contribution >= 0.6 is 11.3 Å². The van der Waals surface area contributed by atoms with E-state index in [4.69, 9.17) is 0 Å². The minimum atomic E-state index is -3.88. The van der Waals surface area contributed by atoms with Gasteiger partial charge in [-0.05, 0) is 31.0 Å². The van der Waals surface area contributed by atoms with Crippen molar-refractivity contribution in [1.29, 1.82) is 0 Å². The Morgan fingerprint density at radius 2 is 1.87 bits per heavy atom. The predicted octanol–water partition coefficient (Wildman–Crippen LogP) is 2.53. The Morgan fingerprint density at radius 3 is 2.35 bits per heavy atom. The Balaban J connectivity index is 2.09. The van der Waals surface area contributed by atoms with Crippen LogP contribution in [0.3, 0.4) is 0 Å². The first-order chi connectivity index (χ1) is 10.7. The molecule has 0 unspecified atom stereocenters. The third kappa shape index (κ3) is 4.36. The van der Waals surface area contributed by atoms with Crippen LogP contribution in [0.25, 0.3) is 0 Å². The number of amides is 1. The van der Waals surface area contributed by atoms with E-state index >= 15 is 0 Å². The summed E-state index contributed by atoms with van der Waals surface area (Å²) in [6, 6.07) is 6.77. The molecule has 0 radical (unpaired) electrons. The van der Waals surface area contributed by atoms with Crippen LogP contribution < -0.4 is 4.72 Å². The number of nitrogens with one attached hydrogen (secondary N) is 1. The molecular formula is C14H14N2O5S2. The molecule has 1 heterocycles. The van der Waals surface area contributed by atoms with Crippen LogP contribution in [0, 0.1) is 24.0 Å². The molecule has 0 aliphatic heterocycles. The number of rotatable bonds is 5. The third-order valence-electron chi connectivity index (χ3n) is 3.14. The summed E-state index contributed by atoms with van der Waals surface area (Å²) in [7, 11) is -3.88. The number of thiophene rings is 1. The van der Waals surface area contributed by atoms with Crippen LogP contribution in [0.2, 0.25) is 0 Å². The van der Waals surface area contributed by atoms with Gasteiger partial charge in [0.05, 0.1) is 15.6 Å². The van der Waals surface area contributed by atoms with Crippen molar-refractivity contribution in [3.8, 4) is 0 Å². The molecule has 23 heavy (non-hydrogen) atoms. The van der Waals surface area contributed by atoms with E-state index in [9.17, 15) is 23.3 Å². The summed E-state index contributed by atoms with van der Waals surface area (Å²) in [6.07, 6.45) is 0. The fraction of sp³-hybridized carbons (Fsp3) is 0.214. The van der Waals surface area contributed by atoms with Crippen molar-refractivity contribution in [2.24, 2.45) is 0 Å². The highest BCUT2D eigenvalue weighted by Crippen LogP contribution is 2.21. The molecule has 122 valence electrons. The Morgan fingerprint density at radius 1 is 1.26 bits per heavy atom. The molecule has 2 aromatic rings. The molecule has 9 heteroatoms. The van der Waals surface area contributed by atoms with Crippen LogP contribution in [-0.2, 0) is 15.8 Å². The lowest BCUT2D eigenvalue weighted by Crippen LogP contribution is -2.31. The first-order valence-corrected chi connectivity index (χ1v) is 9.00. The van der Waals surface area contributed by atoms with Gasteiger partial charge in [-0.2, -0.15) is 0 Å². The van der Waals surface area contributed by atoms with Crippen molar-refractivity contribution in [1.82, 2.24) is 4.72 Å². The van der Waals surface area contributed by atoms with Gasteiger partial charge in [0.15, 0.2) is 0 Å². The molecule has 0 bridgehead atoms. The van der Waals surface area contributed by atoms with Crippen LogP contribution in [-0.4, -0.2) is 19.2 Å². The van der Waals surface area contributed by atoms with Crippen LogP contribution in [0.5, 0.6) is 0 Å². The number of non-ortho nitro benzene ring substituents is 1. The zero-order valence-corrected chi connectivity index (χ0v) is 14.0. The largest absolute Gasteiger partial charge is 0.274 e. The fourth-order valence-corrected chi connectivity index (χ4v) is 3.94. The molecule has 1 aromatic heterocycles. The highest BCUT2D eigenvalue weighted by Gasteiger charge is 2.19. The minimum absolute atomic E-state index is 0.125. The number of nitro groups is 1. The molecule has 1 N–H and O–H groups in total. The first kappa shape index (κ1) is 17.1. The number of hydrogen-bond donors (Lipinski definition) is 1. The van der Waals surface area contributed by atoms with E-state index < -0.39 is 26.6 Å². The maximum atomic E-state index is 12.0. The van der Waals surface area contributed by atoms with Gasteiger partial charge >= 0.3 is 0 Å². The summed E-state index contributed by atoms with van der Waals surface area (Å²) in [5.41, 5.74) is 1.15. The average Bonchev–Trinajstić information content (AvgIpc) is 2.78. The smallest absolute Gasteiger partial charge is 0.267 e. The molecule has 0 aliphatic rings. The van der Waals surface area contributed by atoms with Gasteiger partial charge < -0.3 is 0 Å². The fourth-order valence-electron chi connectivity index (χ4n) is 1.85. The summed E-state index contributed by atoms with van der Waals surface area (Å²) < 4.78 is 26.1. The summed E-state index contributed by atoms with van der Waals surface area (Å²) in [4.78, 5) is 23.3. The van der Waals surface area contributed by atoms with Gasteiger partial charge in [0.1, 0.15) is 0 Å². The van der Waals surface area contributed by atoms with Gasteiger partial charge in [-0.3, -0.25) is 14.9 Å². The second kappa shape index (κ2) is 6.47. The van der Waals surface area contributed by atoms with E-state index in [2.05, 4.69) is 0 Å². The molecular weight excluding hydrogens is 340 g/mol. The molecule has 0 fully saturated rings. The number of carbonyl (C=O) groups excluding carboxylic acids is 1. The van der Waals surface area contributed by atoms with E-state index in [1.165, 1.54) is 35.6 Å². The van der Waals surface area contributed by atoms with Gasteiger partial charge in [0.2, 0.25) is 10.0 Å². The van der Waals surface area contributed by atoms with Crippen LogP contribution in [0.1, 0.15) is 25.7 Å². The first-order valence-electron chi connectivity index (χ1n) is 6.53. The lowest BCUT2D eigenvalue weighted by atomic mass is 10.2. The van der Waals surface area contributed by atoms with Gasteiger partial charge in [-0.25, -0.2) is 13.1 Å².